The Hall–Kier alpha value is -0.880. The summed E-state index contributed by atoms with van der Waals surface area (Å²) in [6, 6.07) is 0.930. The highest BCUT2D eigenvalue weighted by Crippen LogP contribution is 2.38. The van der Waals surface area contributed by atoms with Gasteiger partial charge in [0.05, 0.1) is 16.6 Å². The van der Waals surface area contributed by atoms with E-state index in [0.29, 0.717) is 6.07 Å². The van der Waals surface area contributed by atoms with Gasteiger partial charge in [0.15, 0.2) is 0 Å². The molecule has 7 heteroatoms. The van der Waals surface area contributed by atoms with Crippen molar-refractivity contribution in [2.75, 3.05) is 0 Å². The average molecular weight is 260 g/mol. The largest absolute Gasteiger partial charge is 0.417 e. The smallest absolute Gasteiger partial charge is 0.319 e. The summed E-state index contributed by atoms with van der Waals surface area (Å²) >= 11 is 5.40. The minimum Gasteiger partial charge on any atom is -0.319 e. The molecule has 90 valence electrons. The molecule has 1 rings (SSSR count). The van der Waals surface area contributed by atoms with Crippen LogP contribution in [0.1, 0.15) is 17.2 Å². The van der Waals surface area contributed by atoms with Gasteiger partial charge in [0.1, 0.15) is 0 Å². The van der Waals surface area contributed by atoms with Crippen LogP contribution in [0.3, 0.4) is 0 Å². The van der Waals surface area contributed by atoms with Crippen LogP contribution in [0.25, 0.3) is 0 Å². The third-order valence-electron chi connectivity index (χ3n) is 1.96. The molecule has 0 aliphatic rings. The average Bonchev–Trinajstić information content (AvgIpc) is 2.15. The van der Waals surface area contributed by atoms with Crippen LogP contribution in [-0.2, 0) is 6.18 Å². The minimum atomic E-state index is -4.69. The Morgan fingerprint density at radius 1 is 1.19 bits per heavy atom. The number of halogens is 6. The van der Waals surface area contributed by atoms with Gasteiger partial charge in [0, 0.05) is 0 Å². The van der Waals surface area contributed by atoms with E-state index in [1.54, 1.807) is 0 Å². The summed E-state index contributed by atoms with van der Waals surface area (Å²) in [5.74, 6) is 0. The number of benzene rings is 1. The summed E-state index contributed by atoms with van der Waals surface area (Å²) in [5.41, 5.74) is 3.47. The fraction of sp³-hybridized carbons (Fsp3) is 0.333. The van der Waals surface area contributed by atoms with E-state index >= 15 is 0 Å². The maximum Gasteiger partial charge on any atom is 0.417 e. The second-order valence-corrected chi connectivity index (χ2v) is 3.44. The van der Waals surface area contributed by atoms with Crippen molar-refractivity contribution in [2.24, 2.45) is 5.73 Å². The zero-order valence-corrected chi connectivity index (χ0v) is 8.49. The van der Waals surface area contributed by atoms with Gasteiger partial charge in [0.2, 0.25) is 0 Å². The van der Waals surface area contributed by atoms with Crippen LogP contribution < -0.4 is 5.73 Å². The molecule has 1 atom stereocenters. The number of alkyl halides is 5. The summed E-state index contributed by atoms with van der Waals surface area (Å²) in [4.78, 5) is 0. The van der Waals surface area contributed by atoms with Crippen LogP contribution in [0.5, 0.6) is 0 Å². The molecule has 0 heterocycles. The zero-order chi connectivity index (χ0) is 12.5. The Balaban J connectivity index is 3.24. The number of hydrogen-bond donors (Lipinski definition) is 1. The molecule has 0 saturated heterocycles. The van der Waals surface area contributed by atoms with Crippen molar-refractivity contribution < 1.29 is 22.0 Å². The molecule has 0 saturated carbocycles. The van der Waals surface area contributed by atoms with Crippen LogP contribution >= 0.6 is 11.6 Å². The van der Waals surface area contributed by atoms with Crippen LogP contribution in [0.15, 0.2) is 18.2 Å². The van der Waals surface area contributed by atoms with Gasteiger partial charge in [-0.15, -0.1) is 0 Å². The third kappa shape index (κ3) is 2.62. The lowest BCUT2D eigenvalue weighted by atomic mass is 10.0. The monoisotopic (exact) mass is 259 g/mol. The molecule has 1 aromatic rings. The molecule has 0 aliphatic heterocycles. The molecular formula is C9H7ClF5N. The van der Waals surface area contributed by atoms with Crippen molar-refractivity contribution in [1.82, 2.24) is 0 Å². The van der Waals surface area contributed by atoms with E-state index < -0.39 is 34.8 Å². The highest BCUT2D eigenvalue weighted by Gasteiger charge is 2.35. The van der Waals surface area contributed by atoms with E-state index in [4.69, 9.17) is 17.3 Å². The van der Waals surface area contributed by atoms with Gasteiger partial charge in [-0.1, -0.05) is 23.7 Å². The van der Waals surface area contributed by atoms with Crippen LogP contribution in [0.4, 0.5) is 22.0 Å². The first-order valence-electron chi connectivity index (χ1n) is 4.14. The highest BCUT2D eigenvalue weighted by molar-refractivity contribution is 6.32. The normalized spacial score (nSPS) is 14.2. The van der Waals surface area contributed by atoms with Crippen molar-refractivity contribution in [2.45, 2.75) is 18.6 Å². The van der Waals surface area contributed by atoms with E-state index in [1.807, 2.05) is 0 Å². The molecule has 0 aromatic heterocycles. The Morgan fingerprint density at radius 3 is 2.19 bits per heavy atom. The molecule has 0 unspecified atom stereocenters. The lowest BCUT2D eigenvalue weighted by Crippen LogP contribution is -2.20. The maximum atomic E-state index is 12.4. The number of rotatable bonds is 2. The van der Waals surface area contributed by atoms with Gasteiger partial charge in [0.25, 0.3) is 6.43 Å². The maximum absolute atomic E-state index is 12.4. The highest BCUT2D eigenvalue weighted by atomic mass is 35.5. The molecule has 1 aromatic carbocycles. The molecule has 16 heavy (non-hydrogen) atoms. The molecule has 0 bridgehead atoms. The molecule has 2 N–H and O–H groups in total. The molecular weight excluding hydrogens is 253 g/mol. The predicted octanol–water partition coefficient (Wildman–Crippen LogP) is 3.62. The van der Waals surface area contributed by atoms with Crippen LogP contribution in [-0.4, -0.2) is 6.43 Å². The Kier molecular flexibility index (Phi) is 3.75. The predicted molar refractivity (Wildman–Crippen MR) is 49.4 cm³/mol. The summed E-state index contributed by atoms with van der Waals surface area (Å²) in [5, 5.41) is -0.775. The fourth-order valence-corrected chi connectivity index (χ4v) is 1.52. The van der Waals surface area contributed by atoms with Crippen molar-refractivity contribution in [1.29, 1.82) is 0 Å². The molecule has 0 radical (unpaired) electrons. The second-order valence-electron chi connectivity index (χ2n) is 3.07. The van der Waals surface area contributed by atoms with E-state index in [9.17, 15) is 22.0 Å². The standard InChI is InChI=1S/C9H7ClF5N/c10-6-4(7(16)8(11)12)2-1-3-5(6)9(13,14)15/h1-3,7-8H,16H2/t7-/m0/s1. The Bertz CT molecular complexity index is 377. The summed E-state index contributed by atoms with van der Waals surface area (Å²) in [7, 11) is 0. The SMILES string of the molecule is N[C@@H](c1cccc(C(F)(F)F)c1Cl)C(F)F. The van der Waals surface area contributed by atoms with Crippen molar-refractivity contribution in [3.8, 4) is 0 Å². The lowest BCUT2D eigenvalue weighted by molar-refractivity contribution is -0.137. The van der Waals surface area contributed by atoms with Gasteiger partial charge in [-0.3, -0.25) is 0 Å². The van der Waals surface area contributed by atoms with Crippen molar-refractivity contribution >= 4 is 11.6 Å². The van der Waals surface area contributed by atoms with Crippen molar-refractivity contribution in [3.05, 3.63) is 34.3 Å². The van der Waals surface area contributed by atoms with Crippen molar-refractivity contribution in [3.63, 3.8) is 0 Å². The van der Waals surface area contributed by atoms with Gasteiger partial charge in [-0.25, -0.2) is 8.78 Å². The first-order chi connectivity index (χ1) is 7.25. The van der Waals surface area contributed by atoms with Crippen LogP contribution in [0, 0.1) is 0 Å². The molecule has 0 amide bonds. The Morgan fingerprint density at radius 2 is 1.75 bits per heavy atom. The third-order valence-corrected chi connectivity index (χ3v) is 2.39. The quantitative estimate of drug-likeness (QED) is 0.807. The second kappa shape index (κ2) is 4.55. The summed E-state index contributed by atoms with van der Waals surface area (Å²) in [6.07, 6.45) is -7.66. The first-order valence-corrected chi connectivity index (χ1v) is 4.52. The number of nitrogens with two attached hydrogens (primary N) is 1. The molecule has 0 aliphatic carbocycles. The Labute approximate surface area is 93.0 Å². The van der Waals surface area contributed by atoms with E-state index in [-0.39, 0.29) is 0 Å². The lowest BCUT2D eigenvalue weighted by Gasteiger charge is -2.16. The van der Waals surface area contributed by atoms with Gasteiger partial charge in [-0.05, 0) is 11.6 Å². The first kappa shape index (κ1) is 13.2. The summed E-state index contributed by atoms with van der Waals surface area (Å²) in [6.45, 7) is 0. The van der Waals surface area contributed by atoms with Gasteiger partial charge in [-0.2, -0.15) is 13.2 Å². The zero-order valence-electron chi connectivity index (χ0n) is 7.73. The van der Waals surface area contributed by atoms with Gasteiger partial charge >= 0.3 is 6.18 Å². The minimum absolute atomic E-state index is 0.411. The fourth-order valence-electron chi connectivity index (χ4n) is 1.16. The molecule has 0 spiro atoms. The van der Waals surface area contributed by atoms with E-state index in [2.05, 4.69) is 0 Å². The molecule has 0 fully saturated rings. The van der Waals surface area contributed by atoms with E-state index in [1.165, 1.54) is 0 Å². The van der Waals surface area contributed by atoms with Gasteiger partial charge < -0.3 is 5.73 Å². The topological polar surface area (TPSA) is 26.0 Å². The van der Waals surface area contributed by atoms with E-state index in [0.717, 1.165) is 12.1 Å². The molecule has 1 nitrogen and oxygen atoms in total. The van der Waals surface area contributed by atoms with Crippen LogP contribution in [0.2, 0.25) is 5.02 Å². The summed E-state index contributed by atoms with van der Waals surface area (Å²) < 4.78 is 61.7. The number of hydrogen-bond acceptors (Lipinski definition) is 1.